The van der Waals surface area contributed by atoms with Gasteiger partial charge in [-0.05, 0) is 50.2 Å². The largest absolute Gasteiger partial charge is 0.497 e. The number of hydrogen-bond acceptors (Lipinski definition) is 8. The maximum atomic E-state index is 12.9. The highest BCUT2D eigenvalue weighted by Gasteiger charge is 2.15. The number of carbonyl (C=O) groups excluding carboxylic acids is 1. The van der Waals surface area contributed by atoms with Gasteiger partial charge in [0.05, 0.1) is 12.8 Å². The van der Waals surface area contributed by atoms with E-state index in [2.05, 4.69) is 30.7 Å². The summed E-state index contributed by atoms with van der Waals surface area (Å²) in [5, 5.41) is 12.4. The number of ether oxygens (including phenoxy) is 1. The number of anilines is 3. The molecule has 0 spiro atoms. The van der Waals surface area contributed by atoms with Crippen LogP contribution in [0, 0.1) is 13.8 Å². The summed E-state index contributed by atoms with van der Waals surface area (Å²) in [7, 11) is 1.63. The van der Waals surface area contributed by atoms with E-state index in [0.717, 1.165) is 28.4 Å². The smallest absolute Gasteiger partial charge is 0.258 e. The Morgan fingerprint density at radius 1 is 0.971 bits per heavy atom. The summed E-state index contributed by atoms with van der Waals surface area (Å²) in [6.45, 7) is 3.82. The van der Waals surface area contributed by atoms with Crippen LogP contribution >= 0.6 is 11.3 Å². The lowest BCUT2D eigenvalue weighted by atomic mass is 10.2. The van der Waals surface area contributed by atoms with E-state index >= 15 is 0 Å². The van der Waals surface area contributed by atoms with E-state index < -0.39 is 0 Å². The Morgan fingerprint density at radius 2 is 1.76 bits per heavy atom. The van der Waals surface area contributed by atoms with Gasteiger partial charge in [0.15, 0.2) is 0 Å². The van der Waals surface area contributed by atoms with Crippen LogP contribution in [-0.2, 0) is 0 Å². The third kappa shape index (κ3) is 4.44. The Morgan fingerprint density at radius 3 is 2.56 bits per heavy atom. The van der Waals surface area contributed by atoms with Crippen LogP contribution in [0.4, 0.5) is 17.6 Å². The first-order chi connectivity index (χ1) is 16.5. The number of rotatable bonds is 6. The summed E-state index contributed by atoms with van der Waals surface area (Å²) in [5.74, 6) is 1.16. The summed E-state index contributed by atoms with van der Waals surface area (Å²) in [4.78, 5) is 26.8. The molecule has 5 rings (SSSR count). The number of thiazole rings is 1. The first-order valence-electron chi connectivity index (χ1n) is 10.5. The fourth-order valence-corrected chi connectivity index (χ4v) is 4.37. The zero-order valence-corrected chi connectivity index (χ0v) is 19.6. The predicted octanol–water partition coefficient (Wildman–Crippen LogP) is 4.87. The molecule has 3 heterocycles. The minimum Gasteiger partial charge on any atom is -0.497 e. The summed E-state index contributed by atoms with van der Waals surface area (Å²) < 4.78 is 7.03. The SMILES string of the molecule is COc1cccc(-c2csc3nc(NC(=O)c4cccc(Nc5nc(C)cc(C)n5)c4)nn23)c1. The molecule has 9 nitrogen and oxygen atoms in total. The zero-order chi connectivity index (χ0) is 23.7. The van der Waals surface area contributed by atoms with E-state index in [0.29, 0.717) is 22.2 Å². The van der Waals surface area contributed by atoms with Crippen molar-refractivity contribution >= 4 is 39.8 Å². The summed E-state index contributed by atoms with van der Waals surface area (Å²) in [5.41, 5.74) is 4.70. The molecule has 1 amide bonds. The van der Waals surface area contributed by atoms with Crippen LogP contribution in [0.1, 0.15) is 21.7 Å². The fourth-order valence-electron chi connectivity index (χ4n) is 3.54. The predicted molar refractivity (Wildman–Crippen MR) is 132 cm³/mol. The Balaban J connectivity index is 1.36. The highest BCUT2D eigenvalue weighted by molar-refractivity contribution is 7.15. The average Bonchev–Trinajstić information content (AvgIpc) is 3.39. The second-order valence-electron chi connectivity index (χ2n) is 7.62. The standard InChI is InChI=1S/C24H21N7O2S/c1-14-10-15(2)26-22(25-14)27-18-8-4-7-17(11-18)21(32)28-23-29-24-31(30-23)20(13-34-24)16-6-5-9-19(12-16)33-3/h4-13H,1-3H3,(H,25,26,27)(H,28,30,32). The van der Waals surface area contributed by atoms with Crippen molar-refractivity contribution < 1.29 is 9.53 Å². The van der Waals surface area contributed by atoms with Gasteiger partial charge >= 0.3 is 0 Å². The monoisotopic (exact) mass is 471 g/mol. The van der Waals surface area contributed by atoms with Crippen molar-refractivity contribution in [2.45, 2.75) is 13.8 Å². The van der Waals surface area contributed by atoms with Gasteiger partial charge in [-0.3, -0.25) is 10.1 Å². The quantitative estimate of drug-likeness (QED) is 0.364. The van der Waals surface area contributed by atoms with Crippen LogP contribution in [0.25, 0.3) is 16.2 Å². The minimum atomic E-state index is -0.314. The molecule has 0 saturated heterocycles. The molecule has 5 aromatic rings. The number of aryl methyl sites for hydroxylation is 2. The Kier molecular flexibility index (Phi) is 5.64. The van der Waals surface area contributed by atoms with Crippen LogP contribution in [0.2, 0.25) is 0 Å². The molecule has 0 bridgehead atoms. The van der Waals surface area contributed by atoms with Crippen molar-refractivity contribution in [3.8, 4) is 17.0 Å². The third-order valence-electron chi connectivity index (χ3n) is 5.04. The van der Waals surface area contributed by atoms with Gasteiger partial charge in [-0.1, -0.05) is 18.2 Å². The number of nitrogens with zero attached hydrogens (tertiary/aromatic N) is 5. The molecule has 0 saturated carbocycles. The van der Waals surface area contributed by atoms with Crippen molar-refractivity contribution in [3.05, 3.63) is 76.9 Å². The number of aromatic nitrogens is 5. The number of methoxy groups -OCH3 is 1. The molecule has 2 N–H and O–H groups in total. The van der Waals surface area contributed by atoms with Crippen LogP contribution in [0.15, 0.2) is 60.0 Å². The number of nitrogens with one attached hydrogen (secondary N) is 2. The minimum absolute atomic E-state index is 0.233. The van der Waals surface area contributed by atoms with Crippen molar-refractivity contribution in [1.29, 1.82) is 0 Å². The van der Waals surface area contributed by atoms with Crippen LogP contribution in [-0.4, -0.2) is 37.6 Å². The summed E-state index contributed by atoms with van der Waals surface area (Å²) >= 11 is 1.45. The molecule has 3 aromatic heterocycles. The summed E-state index contributed by atoms with van der Waals surface area (Å²) in [6.07, 6.45) is 0. The normalized spacial score (nSPS) is 10.9. The lowest BCUT2D eigenvalue weighted by molar-refractivity contribution is 0.102. The second kappa shape index (κ2) is 8.91. The number of fused-ring (bicyclic) bond motifs is 1. The van der Waals surface area contributed by atoms with Gasteiger partial charge in [-0.25, -0.2) is 14.5 Å². The van der Waals surface area contributed by atoms with E-state index in [1.807, 2.05) is 55.6 Å². The molecule has 0 aliphatic heterocycles. The average molecular weight is 472 g/mol. The Labute approximate surface area is 199 Å². The highest BCUT2D eigenvalue weighted by atomic mass is 32.1. The lowest BCUT2D eigenvalue weighted by Gasteiger charge is -2.08. The molecule has 10 heteroatoms. The van der Waals surface area contributed by atoms with Crippen molar-refractivity contribution in [3.63, 3.8) is 0 Å². The lowest BCUT2D eigenvalue weighted by Crippen LogP contribution is -2.13. The van der Waals surface area contributed by atoms with Gasteiger partial charge in [0.25, 0.3) is 11.9 Å². The highest BCUT2D eigenvalue weighted by Crippen LogP contribution is 2.28. The van der Waals surface area contributed by atoms with Crippen molar-refractivity contribution in [2.75, 3.05) is 17.7 Å². The van der Waals surface area contributed by atoms with Crippen LogP contribution in [0.5, 0.6) is 5.75 Å². The van der Waals surface area contributed by atoms with Crippen molar-refractivity contribution in [2.24, 2.45) is 0 Å². The molecule has 0 radical (unpaired) electrons. The molecule has 170 valence electrons. The van der Waals surface area contributed by atoms with E-state index in [1.165, 1.54) is 11.3 Å². The van der Waals surface area contributed by atoms with E-state index in [4.69, 9.17) is 4.74 Å². The number of hydrogen-bond donors (Lipinski definition) is 2. The van der Waals surface area contributed by atoms with E-state index in [1.54, 1.807) is 29.8 Å². The molecule has 0 aliphatic carbocycles. The Bertz CT molecular complexity index is 1490. The summed E-state index contributed by atoms with van der Waals surface area (Å²) in [6, 6.07) is 16.7. The van der Waals surface area contributed by atoms with Gasteiger partial charge in [0.1, 0.15) is 5.75 Å². The molecular formula is C24H21N7O2S. The van der Waals surface area contributed by atoms with Gasteiger partial charge in [0.2, 0.25) is 10.9 Å². The fraction of sp³-hybridized carbons (Fsp3) is 0.125. The topological polar surface area (TPSA) is 106 Å². The zero-order valence-electron chi connectivity index (χ0n) is 18.7. The number of carbonyl (C=O) groups is 1. The third-order valence-corrected chi connectivity index (χ3v) is 5.85. The molecular weight excluding hydrogens is 450 g/mol. The van der Waals surface area contributed by atoms with Gasteiger partial charge < -0.3 is 10.1 Å². The molecule has 0 unspecified atom stereocenters. The maximum absolute atomic E-state index is 12.9. The molecule has 2 aromatic carbocycles. The van der Waals surface area contributed by atoms with Gasteiger partial charge in [0, 0.05) is 33.6 Å². The molecule has 34 heavy (non-hydrogen) atoms. The van der Waals surface area contributed by atoms with Gasteiger partial charge in [-0.2, -0.15) is 4.98 Å². The number of benzene rings is 2. The second-order valence-corrected chi connectivity index (χ2v) is 8.45. The van der Waals surface area contributed by atoms with E-state index in [-0.39, 0.29) is 11.9 Å². The maximum Gasteiger partial charge on any atom is 0.258 e. The van der Waals surface area contributed by atoms with E-state index in [9.17, 15) is 4.79 Å². The molecule has 0 fully saturated rings. The van der Waals surface area contributed by atoms with Crippen molar-refractivity contribution in [1.82, 2.24) is 24.6 Å². The molecule has 0 atom stereocenters. The first-order valence-corrected chi connectivity index (χ1v) is 11.4. The number of amides is 1. The van der Waals surface area contributed by atoms with Crippen LogP contribution < -0.4 is 15.4 Å². The molecule has 0 aliphatic rings. The van der Waals surface area contributed by atoms with Crippen LogP contribution in [0.3, 0.4) is 0 Å². The van der Waals surface area contributed by atoms with Gasteiger partial charge in [-0.15, -0.1) is 16.4 Å². The first kappa shape index (κ1) is 21.5. The Hall–Kier alpha value is -4.31.